The highest BCUT2D eigenvalue weighted by Gasteiger charge is 2.38. The van der Waals surface area contributed by atoms with E-state index in [0.29, 0.717) is 42.6 Å². The van der Waals surface area contributed by atoms with Crippen LogP contribution in [0.3, 0.4) is 0 Å². The van der Waals surface area contributed by atoms with Crippen molar-refractivity contribution in [1.29, 1.82) is 0 Å². The number of benzene rings is 2. The van der Waals surface area contributed by atoms with E-state index < -0.39 is 29.6 Å². The first kappa shape index (κ1) is 28.8. The number of aryl methyl sites for hydroxylation is 1. The first-order chi connectivity index (χ1) is 19.5. The quantitative estimate of drug-likeness (QED) is 0.551. The van der Waals surface area contributed by atoms with E-state index in [1.165, 1.54) is 11.0 Å². The lowest BCUT2D eigenvalue weighted by molar-refractivity contribution is -0.132. The molecule has 3 amide bonds. The van der Waals surface area contributed by atoms with Crippen LogP contribution < -0.4 is 10.2 Å². The van der Waals surface area contributed by atoms with Crippen LogP contribution in [-0.2, 0) is 20.7 Å². The summed E-state index contributed by atoms with van der Waals surface area (Å²) < 4.78 is 20.6. The highest BCUT2D eigenvalue weighted by atomic mass is 19.1. The van der Waals surface area contributed by atoms with Crippen LogP contribution in [0.2, 0.25) is 0 Å². The summed E-state index contributed by atoms with van der Waals surface area (Å²) >= 11 is 0. The third kappa shape index (κ3) is 6.29. The molecule has 3 aliphatic heterocycles. The number of nitrogens with one attached hydrogen (secondary N) is 1. The van der Waals surface area contributed by atoms with Crippen LogP contribution in [-0.4, -0.2) is 59.9 Å². The Bertz CT molecular complexity index is 1350. The van der Waals surface area contributed by atoms with Gasteiger partial charge in [-0.2, -0.15) is 0 Å². The van der Waals surface area contributed by atoms with Crippen molar-refractivity contribution in [2.45, 2.75) is 71.6 Å². The number of anilines is 1. The number of aliphatic imine (C=N–C) groups is 1. The summed E-state index contributed by atoms with van der Waals surface area (Å²) in [5.41, 5.74) is 1.48. The fourth-order valence-electron chi connectivity index (χ4n) is 6.17. The zero-order valence-corrected chi connectivity index (χ0v) is 24.3. The maximum Gasteiger partial charge on any atom is 0.409 e. The topological polar surface area (TPSA) is 91.3 Å². The molecule has 2 aromatic carbocycles. The highest BCUT2D eigenvalue weighted by Crippen LogP contribution is 2.36. The molecule has 0 aromatic heterocycles. The molecule has 0 unspecified atom stereocenters. The molecule has 6 rings (SSSR count). The van der Waals surface area contributed by atoms with Crippen molar-refractivity contribution in [3.63, 3.8) is 0 Å². The molecule has 3 heterocycles. The van der Waals surface area contributed by atoms with Gasteiger partial charge in [0.1, 0.15) is 18.0 Å². The molecule has 0 radical (unpaired) electrons. The van der Waals surface area contributed by atoms with Crippen molar-refractivity contribution < 1.29 is 23.5 Å². The van der Waals surface area contributed by atoms with Gasteiger partial charge in [0.15, 0.2) is 0 Å². The van der Waals surface area contributed by atoms with E-state index in [-0.39, 0.29) is 23.7 Å². The third-order valence-corrected chi connectivity index (χ3v) is 8.14. The van der Waals surface area contributed by atoms with Gasteiger partial charge in [-0.1, -0.05) is 37.3 Å². The molecule has 2 bridgehead atoms. The lowest BCUT2D eigenvalue weighted by Gasteiger charge is -2.30. The fraction of sp³-hybridized carbons (Fsp3) is 0.500. The minimum Gasteiger partial charge on any atom is -0.444 e. The van der Waals surface area contributed by atoms with E-state index >= 15 is 4.39 Å². The fourth-order valence-corrected chi connectivity index (χ4v) is 6.17. The minimum atomic E-state index is -1.43. The van der Waals surface area contributed by atoms with Crippen molar-refractivity contribution >= 4 is 29.3 Å². The Balaban J connectivity index is 1.59. The average molecular weight is 563 g/mol. The predicted molar refractivity (Wildman–Crippen MR) is 155 cm³/mol. The van der Waals surface area contributed by atoms with Gasteiger partial charge in [0, 0.05) is 24.2 Å². The van der Waals surface area contributed by atoms with Crippen LogP contribution in [0, 0.1) is 17.7 Å². The lowest BCUT2D eigenvalue weighted by Crippen LogP contribution is -2.52. The molecule has 1 atom stereocenters. The van der Waals surface area contributed by atoms with Crippen molar-refractivity contribution in [3.05, 3.63) is 65.0 Å². The van der Waals surface area contributed by atoms with Crippen LogP contribution in [0.4, 0.5) is 14.9 Å². The number of hydrogen-bond donors (Lipinski definition) is 1. The Labute approximate surface area is 240 Å². The van der Waals surface area contributed by atoms with E-state index in [1.807, 2.05) is 24.0 Å². The standard InChI is InChI=1S/C32H39FN4O4/c1-5-22-9-8-11-24-27(23-10-6-7-12-25(23)33)34-29(35-31(40)41-32(2,3)4)30(39)37(28(22)24)19-26(38)36-17-20-13-14-21(18-36)16-15-20/h6-12,20-21,29H,5,13-19H2,1-4H3,(H,35,40)/t20?,21?,29-/m1/s1. The molecule has 2 aromatic rings. The molecule has 1 aliphatic carbocycles. The van der Waals surface area contributed by atoms with Gasteiger partial charge in [-0.05, 0) is 82.4 Å². The molecule has 3 fully saturated rings. The van der Waals surface area contributed by atoms with E-state index in [0.717, 1.165) is 31.2 Å². The number of rotatable bonds is 5. The van der Waals surface area contributed by atoms with Gasteiger partial charge in [0.25, 0.3) is 5.91 Å². The molecule has 0 spiro atoms. The molecule has 2 saturated heterocycles. The second kappa shape index (κ2) is 11.6. The maximum absolute atomic E-state index is 15.2. The number of carbonyl (C=O) groups excluding carboxylic acids is 3. The summed E-state index contributed by atoms with van der Waals surface area (Å²) in [7, 11) is 0. The van der Waals surface area contributed by atoms with Crippen molar-refractivity contribution in [2.24, 2.45) is 16.8 Å². The Kier molecular flexibility index (Phi) is 8.16. The number of fused-ring (bicyclic) bond motifs is 5. The molecule has 41 heavy (non-hydrogen) atoms. The number of benzodiazepines with no additional fused rings is 1. The Morgan fingerprint density at radius 2 is 1.63 bits per heavy atom. The molecule has 1 N–H and O–H groups in total. The molecule has 8 nitrogen and oxygen atoms in total. The van der Waals surface area contributed by atoms with Gasteiger partial charge in [0.05, 0.1) is 11.4 Å². The molecule has 1 saturated carbocycles. The van der Waals surface area contributed by atoms with E-state index in [2.05, 4.69) is 10.3 Å². The number of ether oxygens (including phenoxy) is 1. The largest absolute Gasteiger partial charge is 0.444 e. The second-order valence-corrected chi connectivity index (χ2v) is 12.3. The van der Waals surface area contributed by atoms with Crippen LogP contribution in [0.1, 0.15) is 70.1 Å². The van der Waals surface area contributed by atoms with Crippen molar-refractivity contribution in [2.75, 3.05) is 24.5 Å². The normalized spacial score (nSPS) is 22.4. The SMILES string of the molecule is CCc1cccc2c1N(CC(=O)N1CC3CCC(CC3)C1)C(=O)[C@@H](NC(=O)OC(C)(C)C)N=C2c1ccccc1F. The number of amides is 3. The Hall–Kier alpha value is -3.75. The molecule has 4 aliphatic rings. The number of halogens is 1. The number of hydrogen-bond acceptors (Lipinski definition) is 5. The van der Waals surface area contributed by atoms with Gasteiger partial charge in [-0.25, -0.2) is 14.2 Å². The summed E-state index contributed by atoms with van der Waals surface area (Å²) in [6.07, 6.45) is 2.82. The van der Waals surface area contributed by atoms with Crippen molar-refractivity contribution in [3.8, 4) is 0 Å². The molecular weight excluding hydrogens is 523 g/mol. The van der Waals surface area contributed by atoms with E-state index in [9.17, 15) is 14.4 Å². The monoisotopic (exact) mass is 562 g/mol. The summed E-state index contributed by atoms with van der Waals surface area (Å²) in [6, 6.07) is 11.7. The summed E-state index contributed by atoms with van der Waals surface area (Å²) in [4.78, 5) is 48.9. The minimum absolute atomic E-state index is 0.139. The van der Waals surface area contributed by atoms with Crippen molar-refractivity contribution in [1.82, 2.24) is 10.2 Å². The van der Waals surface area contributed by atoms with Gasteiger partial charge in [-0.3, -0.25) is 19.8 Å². The predicted octanol–water partition coefficient (Wildman–Crippen LogP) is 5.07. The summed E-state index contributed by atoms with van der Waals surface area (Å²) in [6.45, 7) is 8.31. The number of carbonyl (C=O) groups is 3. The lowest BCUT2D eigenvalue weighted by atomic mass is 9.84. The number of para-hydroxylation sites is 1. The zero-order chi connectivity index (χ0) is 29.3. The van der Waals surface area contributed by atoms with Crippen LogP contribution >= 0.6 is 0 Å². The van der Waals surface area contributed by atoms with Crippen LogP contribution in [0.5, 0.6) is 0 Å². The summed E-state index contributed by atoms with van der Waals surface area (Å²) in [5.74, 6) is -0.260. The van der Waals surface area contributed by atoms with Gasteiger partial charge in [-0.15, -0.1) is 0 Å². The van der Waals surface area contributed by atoms with Gasteiger partial charge in [0.2, 0.25) is 12.1 Å². The van der Waals surface area contributed by atoms with E-state index in [4.69, 9.17) is 4.74 Å². The molecule has 9 heteroatoms. The van der Waals surface area contributed by atoms with Crippen LogP contribution in [0.15, 0.2) is 47.5 Å². The molecule has 218 valence electrons. The first-order valence-corrected chi connectivity index (χ1v) is 14.6. The second-order valence-electron chi connectivity index (χ2n) is 12.3. The third-order valence-electron chi connectivity index (χ3n) is 8.14. The number of alkyl carbamates (subject to hydrolysis) is 1. The Morgan fingerprint density at radius 3 is 2.24 bits per heavy atom. The van der Waals surface area contributed by atoms with E-state index in [1.54, 1.807) is 45.0 Å². The average Bonchev–Trinajstić information content (AvgIpc) is 3.31. The Morgan fingerprint density at radius 1 is 1.00 bits per heavy atom. The number of nitrogens with zero attached hydrogens (tertiary/aromatic N) is 3. The zero-order valence-electron chi connectivity index (χ0n) is 24.3. The smallest absolute Gasteiger partial charge is 0.409 e. The maximum atomic E-state index is 15.2. The van der Waals surface area contributed by atoms with Gasteiger partial charge < -0.3 is 9.64 Å². The van der Waals surface area contributed by atoms with Gasteiger partial charge >= 0.3 is 6.09 Å². The first-order valence-electron chi connectivity index (χ1n) is 14.6. The highest BCUT2D eigenvalue weighted by molar-refractivity contribution is 6.21. The molecular formula is C32H39FN4O4. The summed E-state index contributed by atoms with van der Waals surface area (Å²) in [5, 5.41) is 2.59. The van der Waals surface area contributed by atoms with Crippen LogP contribution in [0.25, 0.3) is 0 Å².